The van der Waals surface area contributed by atoms with E-state index in [0.29, 0.717) is 17.5 Å². The lowest BCUT2D eigenvalue weighted by Gasteiger charge is -2.16. The molecule has 0 saturated heterocycles. The molecule has 0 aliphatic carbocycles. The zero-order valence-electron chi connectivity index (χ0n) is 12.5. The third kappa shape index (κ3) is 5.28. The van der Waals surface area contributed by atoms with Crippen LogP contribution in [0.25, 0.3) is 0 Å². The number of hydrogen-bond acceptors (Lipinski definition) is 4. The van der Waals surface area contributed by atoms with Crippen molar-refractivity contribution in [1.82, 2.24) is 4.90 Å². The molecule has 0 aliphatic heterocycles. The standard InChI is InChI=1S/C16H19NO4/c1-12-8-13(6-4-5-7-18)10-14(9-12)16(20)17(2)11-15(19)21-3/h8-10,18H,5,7,11H2,1-3H3. The number of aryl methyl sites for hydroxylation is 1. The van der Waals surface area contributed by atoms with E-state index in [1.54, 1.807) is 19.2 Å². The number of amides is 1. The lowest BCUT2D eigenvalue weighted by Crippen LogP contribution is -2.32. The molecule has 21 heavy (non-hydrogen) atoms. The first-order valence-electron chi connectivity index (χ1n) is 6.51. The fourth-order valence-electron chi connectivity index (χ4n) is 1.75. The molecular formula is C16H19NO4. The molecule has 0 atom stereocenters. The summed E-state index contributed by atoms with van der Waals surface area (Å²) in [5.41, 5.74) is 2.08. The van der Waals surface area contributed by atoms with Crippen LogP contribution in [0, 0.1) is 18.8 Å². The summed E-state index contributed by atoms with van der Waals surface area (Å²) in [5, 5.41) is 8.71. The van der Waals surface area contributed by atoms with E-state index in [1.807, 2.05) is 13.0 Å². The third-order valence-corrected chi connectivity index (χ3v) is 2.73. The van der Waals surface area contributed by atoms with Gasteiger partial charge in [0, 0.05) is 24.6 Å². The highest BCUT2D eigenvalue weighted by Gasteiger charge is 2.15. The molecule has 5 heteroatoms. The van der Waals surface area contributed by atoms with Gasteiger partial charge in [-0.25, -0.2) is 0 Å². The lowest BCUT2D eigenvalue weighted by molar-refractivity contribution is -0.141. The van der Waals surface area contributed by atoms with E-state index in [2.05, 4.69) is 16.6 Å². The highest BCUT2D eigenvalue weighted by Crippen LogP contribution is 2.11. The van der Waals surface area contributed by atoms with Crippen LogP contribution in [-0.4, -0.2) is 49.2 Å². The van der Waals surface area contributed by atoms with E-state index in [0.717, 1.165) is 5.56 Å². The smallest absolute Gasteiger partial charge is 0.325 e. The van der Waals surface area contributed by atoms with Crippen LogP contribution < -0.4 is 0 Å². The van der Waals surface area contributed by atoms with E-state index in [4.69, 9.17) is 5.11 Å². The summed E-state index contributed by atoms with van der Waals surface area (Å²) in [4.78, 5) is 24.8. The highest BCUT2D eigenvalue weighted by molar-refractivity contribution is 5.96. The summed E-state index contributed by atoms with van der Waals surface area (Å²) in [5.74, 6) is 4.98. The predicted octanol–water partition coefficient (Wildman–Crippen LogP) is 0.974. The first kappa shape index (κ1) is 16.7. The Bertz CT molecular complexity index is 584. The summed E-state index contributed by atoms with van der Waals surface area (Å²) >= 11 is 0. The number of aliphatic hydroxyl groups excluding tert-OH is 1. The van der Waals surface area contributed by atoms with Crippen LogP contribution in [0.15, 0.2) is 18.2 Å². The molecule has 0 spiro atoms. The topological polar surface area (TPSA) is 66.8 Å². The summed E-state index contributed by atoms with van der Waals surface area (Å²) in [6.07, 6.45) is 0.388. The van der Waals surface area contributed by atoms with E-state index in [1.165, 1.54) is 12.0 Å². The number of esters is 1. The van der Waals surface area contributed by atoms with Crippen molar-refractivity contribution in [1.29, 1.82) is 0 Å². The predicted molar refractivity (Wildman–Crippen MR) is 78.7 cm³/mol. The van der Waals surface area contributed by atoms with Gasteiger partial charge in [-0.2, -0.15) is 0 Å². The van der Waals surface area contributed by atoms with Crippen molar-refractivity contribution < 1.29 is 19.4 Å². The SMILES string of the molecule is COC(=O)CN(C)C(=O)c1cc(C)cc(C#CCCO)c1. The number of ether oxygens (including phenoxy) is 1. The molecule has 5 nitrogen and oxygen atoms in total. The number of aliphatic hydroxyl groups is 1. The average molecular weight is 289 g/mol. The molecular weight excluding hydrogens is 270 g/mol. The fraction of sp³-hybridized carbons (Fsp3) is 0.375. The summed E-state index contributed by atoms with van der Waals surface area (Å²) in [6, 6.07) is 5.28. The first-order valence-corrected chi connectivity index (χ1v) is 6.51. The Kier molecular flexibility index (Phi) is 6.44. The number of carbonyl (C=O) groups excluding carboxylic acids is 2. The minimum absolute atomic E-state index is 0.00642. The molecule has 0 bridgehead atoms. The number of nitrogens with zero attached hydrogens (tertiary/aromatic N) is 1. The maximum Gasteiger partial charge on any atom is 0.325 e. The van der Waals surface area contributed by atoms with Crippen molar-refractivity contribution in [2.45, 2.75) is 13.3 Å². The molecule has 112 valence electrons. The Balaban J connectivity index is 2.94. The molecule has 0 radical (unpaired) electrons. The van der Waals surface area contributed by atoms with Gasteiger partial charge < -0.3 is 14.7 Å². The van der Waals surface area contributed by atoms with E-state index in [9.17, 15) is 9.59 Å². The van der Waals surface area contributed by atoms with Gasteiger partial charge in [0.2, 0.25) is 0 Å². The van der Waals surface area contributed by atoms with Gasteiger partial charge >= 0.3 is 5.97 Å². The second kappa shape index (κ2) is 8.08. The average Bonchev–Trinajstić information content (AvgIpc) is 2.45. The van der Waals surface area contributed by atoms with Gasteiger partial charge in [-0.05, 0) is 30.7 Å². The first-order chi connectivity index (χ1) is 9.97. The fourth-order valence-corrected chi connectivity index (χ4v) is 1.75. The maximum absolute atomic E-state index is 12.3. The van der Waals surface area contributed by atoms with Crippen LogP contribution in [0.5, 0.6) is 0 Å². The quantitative estimate of drug-likeness (QED) is 0.662. The lowest BCUT2D eigenvalue weighted by atomic mass is 10.1. The van der Waals surface area contributed by atoms with Gasteiger partial charge in [0.1, 0.15) is 6.54 Å². The summed E-state index contributed by atoms with van der Waals surface area (Å²) in [7, 11) is 2.82. The largest absolute Gasteiger partial charge is 0.468 e. The van der Waals surface area contributed by atoms with Crippen LogP contribution in [0.2, 0.25) is 0 Å². The molecule has 0 saturated carbocycles. The number of carbonyl (C=O) groups is 2. The Hall–Kier alpha value is -2.32. The minimum Gasteiger partial charge on any atom is -0.468 e. The molecule has 1 aromatic rings. The van der Waals surface area contributed by atoms with Gasteiger partial charge in [0.25, 0.3) is 5.91 Å². The number of methoxy groups -OCH3 is 1. The molecule has 0 aromatic heterocycles. The van der Waals surface area contributed by atoms with Gasteiger partial charge in [-0.1, -0.05) is 11.8 Å². The van der Waals surface area contributed by atoms with Crippen LogP contribution >= 0.6 is 0 Å². The molecule has 1 aromatic carbocycles. The Morgan fingerprint density at radius 1 is 1.33 bits per heavy atom. The van der Waals surface area contributed by atoms with Crippen molar-refractivity contribution in [3.63, 3.8) is 0 Å². The number of rotatable bonds is 4. The second-order valence-corrected chi connectivity index (χ2v) is 4.60. The van der Waals surface area contributed by atoms with Crippen LogP contribution in [0.3, 0.4) is 0 Å². The molecule has 0 unspecified atom stereocenters. The van der Waals surface area contributed by atoms with Crippen LogP contribution in [-0.2, 0) is 9.53 Å². The van der Waals surface area contributed by atoms with E-state index >= 15 is 0 Å². The number of benzene rings is 1. The molecule has 1 N–H and O–H groups in total. The van der Waals surface area contributed by atoms with Crippen molar-refractivity contribution in [2.24, 2.45) is 0 Å². The Labute approximate surface area is 124 Å². The normalized spacial score (nSPS) is 9.52. The number of likely N-dealkylation sites (N-methyl/N-ethyl adjacent to an activating group) is 1. The molecule has 1 amide bonds. The zero-order chi connectivity index (χ0) is 15.8. The van der Waals surface area contributed by atoms with Crippen molar-refractivity contribution >= 4 is 11.9 Å². The Morgan fingerprint density at radius 3 is 2.67 bits per heavy atom. The molecule has 0 fully saturated rings. The number of hydrogen-bond donors (Lipinski definition) is 1. The van der Waals surface area contributed by atoms with Gasteiger partial charge in [-0.3, -0.25) is 9.59 Å². The zero-order valence-corrected chi connectivity index (χ0v) is 12.5. The minimum atomic E-state index is -0.471. The highest BCUT2D eigenvalue weighted by atomic mass is 16.5. The van der Waals surface area contributed by atoms with Crippen molar-refractivity contribution in [3.05, 3.63) is 34.9 Å². The van der Waals surface area contributed by atoms with Gasteiger partial charge in [0.05, 0.1) is 13.7 Å². The molecule has 0 aliphatic rings. The van der Waals surface area contributed by atoms with E-state index in [-0.39, 0.29) is 19.1 Å². The van der Waals surface area contributed by atoms with Crippen molar-refractivity contribution in [3.8, 4) is 11.8 Å². The van der Waals surface area contributed by atoms with Crippen LogP contribution in [0.4, 0.5) is 0 Å². The van der Waals surface area contributed by atoms with Gasteiger partial charge in [0.15, 0.2) is 0 Å². The van der Waals surface area contributed by atoms with Crippen molar-refractivity contribution in [2.75, 3.05) is 27.3 Å². The third-order valence-electron chi connectivity index (χ3n) is 2.73. The summed E-state index contributed by atoms with van der Waals surface area (Å²) < 4.78 is 4.54. The second-order valence-electron chi connectivity index (χ2n) is 4.60. The van der Waals surface area contributed by atoms with E-state index < -0.39 is 5.97 Å². The maximum atomic E-state index is 12.3. The summed E-state index contributed by atoms with van der Waals surface area (Å²) in [6.45, 7) is 1.77. The van der Waals surface area contributed by atoms with Crippen LogP contribution in [0.1, 0.15) is 27.9 Å². The molecule has 1 rings (SSSR count). The Morgan fingerprint density at radius 2 is 2.05 bits per heavy atom. The molecule has 0 heterocycles. The monoisotopic (exact) mass is 289 g/mol. The van der Waals surface area contributed by atoms with Gasteiger partial charge in [-0.15, -0.1) is 0 Å².